The molecule has 0 N–H and O–H groups in total. The van der Waals surface area contributed by atoms with Crippen LogP contribution < -0.4 is 9.47 Å². The van der Waals surface area contributed by atoms with E-state index in [1.165, 1.54) is 0 Å². The zero-order valence-electron chi connectivity index (χ0n) is 16.0. The van der Waals surface area contributed by atoms with E-state index in [-0.39, 0.29) is 18.1 Å². The summed E-state index contributed by atoms with van der Waals surface area (Å²) in [5.41, 5.74) is 1.07. The summed E-state index contributed by atoms with van der Waals surface area (Å²) in [6.45, 7) is 5.19. The molecule has 0 saturated carbocycles. The first kappa shape index (κ1) is 17.9. The van der Waals surface area contributed by atoms with Gasteiger partial charge in [0.05, 0.1) is 13.7 Å². The Morgan fingerprint density at radius 3 is 2.67 bits per heavy atom. The van der Waals surface area contributed by atoms with Crippen molar-refractivity contribution in [2.24, 2.45) is 0 Å². The molecule has 1 unspecified atom stereocenters. The Balaban J connectivity index is 1.68. The van der Waals surface area contributed by atoms with Crippen LogP contribution in [-0.4, -0.2) is 36.7 Å². The smallest absolute Gasteiger partial charge is 0.249 e. The lowest BCUT2D eigenvalue weighted by atomic mass is 9.79. The highest BCUT2D eigenvalue weighted by Gasteiger charge is 2.50. The van der Waals surface area contributed by atoms with Crippen molar-refractivity contribution in [1.82, 2.24) is 4.90 Å². The first-order valence-electron chi connectivity index (χ1n) is 9.25. The van der Waals surface area contributed by atoms with E-state index >= 15 is 0 Å². The van der Waals surface area contributed by atoms with Gasteiger partial charge in [0.2, 0.25) is 5.91 Å². The van der Waals surface area contributed by atoms with Crippen LogP contribution in [0.25, 0.3) is 0 Å². The Bertz CT molecular complexity index is 863. The number of rotatable bonds is 3. The third-order valence-corrected chi connectivity index (χ3v) is 5.30. The van der Waals surface area contributed by atoms with E-state index in [1.54, 1.807) is 7.11 Å². The number of morpholine rings is 1. The van der Waals surface area contributed by atoms with Gasteiger partial charge in [0, 0.05) is 24.1 Å². The fourth-order valence-corrected chi connectivity index (χ4v) is 4.24. The normalized spacial score (nSPS) is 23.7. The van der Waals surface area contributed by atoms with E-state index in [9.17, 15) is 4.79 Å². The summed E-state index contributed by atoms with van der Waals surface area (Å²) in [4.78, 5) is 14.5. The number of para-hydroxylation sites is 2. The second kappa shape index (κ2) is 6.57. The predicted molar refractivity (Wildman–Crippen MR) is 102 cm³/mol. The maximum absolute atomic E-state index is 12.6. The molecule has 2 aliphatic rings. The van der Waals surface area contributed by atoms with Gasteiger partial charge in [-0.25, -0.2) is 0 Å². The molecule has 0 aromatic heterocycles. The Labute approximate surface area is 159 Å². The SMILES string of the molecule is COc1ccccc1CN1CC2(CC(C)(C)Oc3ccccc32)OCC1=O. The molecule has 0 bridgehead atoms. The summed E-state index contributed by atoms with van der Waals surface area (Å²) in [6, 6.07) is 15.8. The molecule has 1 fully saturated rings. The van der Waals surface area contributed by atoms with Crippen LogP contribution in [0, 0.1) is 0 Å². The van der Waals surface area contributed by atoms with Gasteiger partial charge in [-0.3, -0.25) is 4.79 Å². The molecule has 0 aliphatic carbocycles. The van der Waals surface area contributed by atoms with E-state index in [1.807, 2.05) is 53.4 Å². The van der Waals surface area contributed by atoms with Crippen molar-refractivity contribution in [1.29, 1.82) is 0 Å². The maximum atomic E-state index is 12.6. The molecule has 1 saturated heterocycles. The molecule has 2 aromatic carbocycles. The second-order valence-electron chi connectivity index (χ2n) is 7.88. The average molecular weight is 367 g/mol. The van der Waals surface area contributed by atoms with Crippen LogP contribution in [-0.2, 0) is 21.7 Å². The number of nitrogens with zero attached hydrogens (tertiary/aromatic N) is 1. The minimum Gasteiger partial charge on any atom is -0.496 e. The van der Waals surface area contributed by atoms with Crippen LogP contribution in [0.4, 0.5) is 0 Å². The fourth-order valence-electron chi connectivity index (χ4n) is 4.24. The van der Waals surface area contributed by atoms with Crippen molar-refractivity contribution in [3.05, 3.63) is 59.7 Å². The standard InChI is InChI=1S/C22H25NO4/c1-21(2)14-22(17-9-5-7-11-19(17)27-21)15-23(20(24)13-26-22)12-16-8-4-6-10-18(16)25-3/h4-11H,12-15H2,1-3H3. The molecule has 2 aromatic rings. The molecule has 5 heteroatoms. The third-order valence-electron chi connectivity index (χ3n) is 5.30. The highest BCUT2D eigenvalue weighted by molar-refractivity contribution is 5.78. The predicted octanol–water partition coefficient (Wildman–Crippen LogP) is 3.51. The van der Waals surface area contributed by atoms with Crippen LogP contribution in [0.15, 0.2) is 48.5 Å². The number of hydrogen-bond acceptors (Lipinski definition) is 4. The summed E-state index contributed by atoms with van der Waals surface area (Å²) in [6.07, 6.45) is 0.687. The van der Waals surface area contributed by atoms with E-state index in [0.29, 0.717) is 19.5 Å². The summed E-state index contributed by atoms with van der Waals surface area (Å²) in [7, 11) is 1.65. The van der Waals surface area contributed by atoms with Gasteiger partial charge in [-0.15, -0.1) is 0 Å². The minimum absolute atomic E-state index is 0.00619. The molecule has 5 nitrogen and oxygen atoms in total. The van der Waals surface area contributed by atoms with Crippen molar-refractivity contribution >= 4 is 5.91 Å². The number of amides is 1. The van der Waals surface area contributed by atoms with Crippen LogP contribution in [0.2, 0.25) is 0 Å². The largest absolute Gasteiger partial charge is 0.496 e. The Hall–Kier alpha value is -2.53. The minimum atomic E-state index is -0.561. The van der Waals surface area contributed by atoms with Gasteiger partial charge >= 0.3 is 0 Å². The lowest BCUT2D eigenvalue weighted by Crippen LogP contribution is -2.57. The molecule has 142 valence electrons. The zero-order valence-corrected chi connectivity index (χ0v) is 16.0. The summed E-state index contributed by atoms with van der Waals surface area (Å²) < 4.78 is 17.8. The highest BCUT2D eigenvalue weighted by atomic mass is 16.5. The van der Waals surface area contributed by atoms with Gasteiger partial charge in [-0.1, -0.05) is 36.4 Å². The molecule has 1 spiro atoms. The van der Waals surface area contributed by atoms with Crippen molar-refractivity contribution in [3.8, 4) is 11.5 Å². The molecular weight excluding hydrogens is 342 g/mol. The first-order valence-corrected chi connectivity index (χ1v) is 9.25. The van der Waals surface area contributed by atoms with Gasteiger partial charge in [0.1, 0.15) is 29.3 Å². The lowest BCUT2D eigenvalue weighted by molar-refractivity contribution is -0.181. The molecular formula is C22H25NO4. The van der Waals surface area contributed by atoms with Crippen molar-refractivity contribution in [2.75, 3.05) is 20.3 Å². The molecule has 4 rings (SSSR count). The topological polar surface area (TPSA) is 48.0 Å². The molecule has 0 radical (unpaired) electrons. The number of fused-ring (bicyclic) bond motifs is 2. The quantitative estimate of drug-likeness (QED) is 0.833. The third kappa shape index (κ3) is 3.28. The molecule has 2 heterocycles. The number of hydrogen-bond donors (Lipinski definition) is 0. The summed E-state index contributed by atoms with van der Waals surface area (Å²) in [5, 5.41) is 0. The summed E-state index contributed by atoms with van der Waals surface area (Å²) in [5.74, 6) is 1.62. The van der Waals surface area contributed by atoms with Gasteiger partial charge < -0.3 is 19.1 Å². The Morgan fingerprint density at radius 2 is 1.85 bits per heavy atom. The van der Waals surface area contributed by atoms with Crippen molar-refractivity contribution < 1.29 is 19.0 Å². The number of ether oxygens (including phenoxy) is 3. The first-order chi connectivity index (χ1) is 12.9. The molecule has 1 amide bonds. The zero-order chi connectivity index (χ0) is 19.1. The van der Waals surface area contributed by atoms with E-state index < -0.39 is 5.60 Å². The Morgan fingerprint density at radius 1 is 1.11 bits per heavy atom. The monoisotopic (exact) mass is 367 g/mol. The van der Waals surface area contributed by atoms with Crippen LogP contribution >= 0.6 is 0 Å². The van der Waals surface area contributed by atoms with Crippen molar-refractivity contribution in [3.63, 3.8) is 0 Å². The van der Waals surface area contributed by atoms with Crippen LogP contribution in [0.5, 0.6) is 11.5 Å². The van der Waals surface area contributed by atoms with Crippen LogP contribution in [0.1, 0.15) is 31.4 Å². The molecule has 1 atom stereocenters. The number of methoxy groups -OCH3 is 1. The van der Waals surface area contributed by atoms with Gasteiger partial charge in [-0.2, -0.15) is 0 Å². The Kier molecular flexibility index (Phi) is 4.35. The lowest BCUT2D eigenvalue weighted by Gasteiger charge is -2.49. The second-order valence-corrected chi connectivity index (χ2v) is 7.88. The average Bonchev–Trinajstić information content (AvgIpc) is 2.64. The van der Waals surface area contributed by atoms with Gasteiger partial charge in [0.15, 0.2) is 0 Å². The number of carbonyl (C=O) groups excluding carboxylic acids is 1. The van der Waals surface area contributed by atoms with Crippen LogP contribution in [0.3, 0.4) is 0 Å². The van der Waals surface area contributed by atoms with E-state index in [4.69, 9.17) is 14.2 Å². The van der Waals surface area contributed by atoms with E-state index in [2.05, 4.69) is 13.8 Å². The van der Waals surface area contributed by atoms with Crippen molar-refractivity contribution in [2.45, 2.75) is 38.0 Å². The summed E-state index contributed by atoms with van der Waals surface area (Å²) >= 11 is 0. The number of benzene rings is 2. The fraction of sp³-hybridized carbons (Fsp3) is 0.409. The molecule has 27 heavy (non-hydrogen) atoms. The number of carbonyl (C=O) groups is 1. The van der Waals surface area contributed by atoms with Gasteiger partial charge in [0.25, 0.3) is 0 Å². The highest BCUT2D eigenvalue weighted by Crippen LogP contribution is 2.47. The molecule has 2 aliphatic heterocycles. The van der Waals surface area contributed by atoms with E-state index in [0.717, 1.165) is 22.6 Å². The maximum Gasteiger partial charge on any atom is 0.249 e. The van der Waals surface area contributed by atoms with Gasteiger partial charge in [-0.05, 0) is 26.0 Å².